The van der Waals surface area contributed by atoms with Crippen LogP contribution in [-0.4, -0.2) is 34.1 Å². The molecule has 0 saturated heterocycles. The van der Waals surface area contributed by atoms with E-state index >= 15 is 0 Å². The Balaban J connectivity index is 1.29. The van der Waals surface area contributed by atoms with E-state index in [0.717, 1.165) is 66.4 Å². The summed E-state index contributed by atoms with van der Waals surface area (Å²) < 4.78 is 4.30. The minimum absolute atomic E-state index is 0.685. The van der Waals surface area contributed by atoms with Gasteiger partial charge in [-0.05, 0) is 18.2 Å². The quantitative estimate of drug-likeness (QED) is 0.215. The lowest BCUT2D eigenvalue weighted by atomic mass is 10.1. The maximum absolute atomic E-state index is 5.38. The predicted molar refractivity (Wildman–Crippen MR) is 175 cm³/mol. The highest BCUT2D eigenvalue weighted by Gasteiger charge is 2.20. The number of nitrogens with zero attached hydrogens (tertiary/aromatic N) is 7. The van der Waals surface area contributed by atoms with Gasteiger partial charge in [0.25, 0.3) is 0 Å². The maximum atomic E-state index is 5.38. The van der Waals surface area contributed by atoms with Crippen molar-refractivity contribution < 1.29 is 0 Å². The first-order valence-electron chi connectivity index (χ1n) is 14.4. The number of pyridine rings is 1. The van der Waals surface area contributed by atoms with Crippen LogP contribution in [0.4, 0.5) is 0 Å². The van der Waals surface area contributed by atoms with Crippen molar-refractivity contribution in [2.45, 2.75) is 0 Å². The van der Waals surface area contributed by atoms with Gasteiger partial charge in [-0.1, -0.05) is 97.1 Å². The van der Waals surface area contributed by atoms with E-state index in [-0.39, 0.29) is 0 Å². The van der Waals surface area contributed by atoms with Crippen molar-refractivity contribution >= 4 is 43.9 Å². The second-order valence-corrected chi connectivity index (χ2v) is 10.7. The summed E-state index contributed by atoms with van der Waals surface area (Å²) >= 11 is 0. The average Bonchev–Trinajstić information content (AvgIpc) is 3.60. The van der Waals surface area contributed by atoms with Gasteiger partial charge in [0.1, 0.15) is 11.3 Å². The fourth-order valence-electron chi connectivity index (χ4n) is 6.12. The average molecular weight is 566 g/mol. The van der Waals surface area contributed by atoms with Crippen molar-refractivity contribution in [1.29, 1.82) is 0 Å². The zero-order chi connectivity index (χ0) is 29.0. The van der Waals surface area contributed by atoms with Crippen molar-refractivity contribution in [1.82, 2.24) is 34.1 Å². The number of benzene rings is 4. The molecule has 0 radical (unpaired) electrons. The van der Waals surface area contributed by atoms with E-state index in [4.69, 9.17) is 24.9 Å². The summed E-state index contributed by atoms with van der Waals surface area (Å²) in [6.45, 7) is 0. The third kappa shape index (κ3) is 3.73. The largest absolute Gasteiger partial charge is 0.291 e. The summed E-state index contributed by atoms with van der Waals surface area (Å²) in [7, 11) is 0. The number of para-hydroxylation sites is 2. The van der Waals surface area contributed by atoms with Crippen LogP contribution in [0.25, 0.3) is 78.0 Å². The molecule has 0 unspecified atom stereocenters. The predicted octanol–water partition coefficient (Wildman–Crippen LogP) is 8.19. The third-order valence-corrected chi connectivity index (χ3v) is 8.13. The van der Waals surface area contributed by atoms with E-state index in [0.29, 0.717) is 11.6 Å². The Hall–Kier alpha value is -6.21. The molecule has 0 fully saturated rings. The summed E-state index contributed by atoms with van der Waals surface area (Å²) in [5.74, 6) is 1.37. The first kappa shape index (κ1) is 24.4. The van der Waals surface area contributed by atoms with Crippen LogP contribution in [0.5, 0.6) is 0 Å². The molecule has 0 atom stereocenters. The molecule has 5 aromatic heterocycles. The highest BCUT2D eigenvalue weighted by atomic mass is 15.1. The molecule has 0 spiro atoms. The number of hydrogen-bond acceptors (Lipinski definition) is 5. The molecule has 4 aromatic carbocycles. The molecule has 0 N–H and O–H groups in total. The van der Waals surface area contributed by atoms with Gasteiger partial charge in [0.15, 0.2) is 11.6 Å². The lowest BCUT2D eigenvalue weighted by Gasteiger charge is -2.09. The van der Waals surface area contributed by atoms with Gasteiger partial charge in [-0.3, -0.25) is 9.13 Å². The number of fused-ring (bicyclic) bond motifs is 6. The zero-order valence-electron chi connectivity index (χ0n) is 23.4. The summed E-state index contributed by atoms with van der Waals surface area (Å²) in [5, 5.41) is 4.38. The lowest BCUT2D eigenvalue weighted by Crippen LogP contribution is -2.01. The van der Waals surface area contributed by atoms with Gasteiger partial charge in [0.2, 0.25) is 0 Å². The van der Waals surface area contributed by atoms with Crippen LogP contribution in [0.2, 0.25) is 0 Å². The van der Waals surface area contributed by atoms with Crippen LogP contribution in [0.15, 0.2) is 140 Å². The Labute approximate surface area is 251 Å². The van der Waals surface area contributed by atoms with Crippen molar-refractivity contribution in [3.63, 3.8) is 0 Å². The fourth-order valence-corrected chi connectivity index (χ4v) is 6.12. The highest BCUT2D eigenvalue weighted by Crippen LogP contribution is 2.37. The molecule has 9 rings (SSSR count). The van der Waals surface area contributed by atoms with Gasteiger partial charge in [-0.2, -0.15) is 0 Å². The zero-order valence-corrected chi connectivity index (χ0v) is 23.4. The van der Waals surface area contributed by atoms with Gasteiger partial charge in [0, 0.05) is 32.7 Å². The highest BCUT2D eigenvalue weighted by molar-refractivity contribution is 6.16. The first-order valence-corrected chi connectivity index (χ1v) is 14.4. The van der Waals surface area contributed by atoms with Crippen LogP contribution in [0.1, 0.15) is 0 Å². The Morgan fingerprint density at radius 1 is 0.386 bits per heavy atom. The van der Waals surface area contributed by atoms with Crippen LogP contribution < -0.4 is 0 Å². The molecule has 0 amide bonds. The standard InChI is InChI=1S/C37H23N7/c1-3-11-24(12-4-1)34-38-20-26(21-39-34)43-32-17-9-7-15-28(32)30-19-31-29-16-8-10-18-33(29)44(37(31)42-36(30)43)27-22-40-35(41-23-27)25-13-5-2-6-14-25/h1-23H. The van der Waals surface area contributed by atoms with Crippen LogP contribution in [0, 0.1) is 0 Å². The number of hydrogen-bond donors (Lipinski definition) is 0. The molecule has 0 bridgehead atoms. The smallest absolute Gasteiger partial charge is 0.159 e. The summed E-state index contributed by atoms with van der Waals surface area (Å²) in [6, 6.07) is 39.1. The van der Waals surface area contributed by atoms with E-state index in [1.54, 1.807) is 0 Å². The van der Waals surface area contributed by atoms with E-state index < -0.39 is 0 Å². The molecule has 9 aromatic rings. The molecule has 44 heavy (non-hydrogen) atoms. The maximum Gasteiger partial charge on any atom is 0.159 e. The molecular weight excluding hydrogens is 542 g/mol. The van der Waals surface area contributed by atoms with Gasteiger partial charge in [-0.15, -0.1) is 0 Å². The monoisotopic (exact) mass is 565 g/mol. The lowest BCUT2D eigenvalue weighted by molar-refractivity contribution is 1.05. The van der Waals surface area contributed by atoms with Crippen LogP contribution in [0.3, 0.4) is 0 Å². The summed E-state index contributed by atoms with van der Waals surface area (Å²) in [5.41, 5.74) is 7.41. The number of aromatic nitrogens is 7. The minimum Gasteiger partial charge on any atom is -0.291 e. The fraction of sp³-hybridized carbons (Fsp3) is 0. The Morgan fingerprint density at radius 2 is 0.773 bits per heavy atom. The van der Waals surface area contributed by atoms with Crippen molar-refractivity contribution in [2.24, 2.45) is 0 Å². The minimum atomic E-state index is 0.685. The van der Waals surface area contributed by atoms with E-state index in [1.165, 1.54) is 0 Å². The second-order valence-electron chi connectivity index (χ2n) is 10.7. The van der Waals surface area contributed by atoms with Crippen molar-refractivity contribution in [3.05, 3.63) is 140 Å². The van der Waals surface area contributed by atoms with Gasteiger partial charge >= 0.3 is 0 Å². The molecule has 7 heteroatoms. The topological polar surface area (TPSA) is 74.3 Å². The van der Waals surface area contributed by atoms with Gasteiger partial charge in [0.05, 0.1) is 47.2 Å². The summed E-state index contributed by atoms with van der Waals surface area (Å²) in [4.78, 5) is 24.3. The Bertz CT molecular complexity index is 2290. The molecule has 206 valence electrons. The summed E-state index contributed by atoms with van der Waals surface area (Å²) in [6.07, 6.45) is 7.50. The molecule has 5 heterocycles. The SMILES string of the molecule is c1ccc(-c2ncc(-n3c4ccccc4c4cc5c6ccccc6n(-c6cnc(-c7ccccc7)nc6)c5nc43)cn2)cc1. The van der Waals surface area contributed by atoms with E-state index in [1.807, 2.05) is 85.5 Å². The van der Waals surface area contributed by atoms with Crippen LogP contribution >= 0.6 is 0 Å². The number of rotatable bonds is 4. The van der Waals surface area contributed by atoms with Gasteiger partial charge < -0.3 is 0 Å². The van der Waals surface area contributed by atoms with Crippen molar-refractivity contribution in [2.75, 3.05) is 0 Å². The van der Waals surface area contributed by atoms with Gasteiger partial charge in [-0.25, -0.2) is 24.9 Å². The Morgan fingerprint density at radius 3 is 1.20 bits per heavy atom. The normalized spacial score (nSPS) is 11.6. The first-order chi connectivity index (χ1) is 21.8. The molecule has 0 aliphatic rings. The van der Waals surface area contributed by atoms with Crippen LogP contribution in [-0.2, 0) is 0 Å². The van der Waals surface area contributed by atoms with Crippen molar-refractivity contribution in [3.8, 4) is 34.2 Å². The molecule has 7 nitrogen and oxygen atoms in total. The molecule has 0 saturated carbocycles. The second kappa shape index (κ2) is 9.68. The molecule has 0 aliphatic heterocycles. The Kier molecular flexibility index (Phi) is 5.36. The van der Waals surface area contributed by atoms with E-state index in [2.05, 4.69) is 63.7 Å². The van der Waals surface area contributed by atoms with E-state index in [9.17, 15) is 0 Å². The molecular formula is C37H23N7. The molecule has 0 aliphatic carbocycles. The third-order valence-electron chi connectivity index (χ3n) is 8.13.